The first kappa shape index (κ1) is 16.1. The van der Waals surface area contributed by atoms with Crippen LogP contribution in [0.4, 0.5) is 0 Å². The molecule has 1 unspecified atom stereocenters. The molecule has 4 N–H and O–H groups in total. The van der Waals surface area contributed by atoms with Crippen molar-refractivity contribution in [2.75, 3.05) is 6.54 Å². The predicted molar refractivity (Wildman–Crippen MR) is 75.1 cm³/mol. The second kappa shape index (κ2) is 8.27. The predicted octanol–water partition coefficient (Wildman–Crippen LogP) is 1.16. The average molecular weight is 279 g/mol. The first-order chi connectivity index (χ1) is 9.52. The highest BCUT2D eigenvalue weighted by atomic mass is 16.4. The molecule has 0 aliphatic rings. The topological polar surface area (TPSA) is 105 Å². The Hall–Kier alpha value is -1.95. The van der Waals surface area contributed by atoms with Gasteiger partial charge in [-0.25, -0.2) is 4.79 Å². The summed E-state index contributed by atoms with van der Waals surface area (Å²) in [5, 5.41) is 11.6. The molecular weight excluding hydrogens is 258 g/mol. The van der Waals surface area contributed by atoms with Crippen molar-refractivity contribution >= 4 is 11.9 Å². The Labute approximate surface area is 118 Å². The minimum atomic E-state index is -1.00. The van der Waals surface area contributed by atoms with Crippen molar-refractivity contribution in [1.82, 2.24) is 10.3 Å². The minimum Gasteiger partial charge on any atom is -0.478 e. The van der Waals surface area contributed by atoms with Crippen LogP contribution in [0.1, 0.15) is 42.2 Å². The third-order valence-electron chi connectivity index (χ3n) is 3.05. The second-order valence-corrected chi connectivity index (χ2v) is 4.84. The second-order valence-electron chi connectivity index (χ2n) is 4.84. The van der Waals surface area contributed by atoms with E-state index in [1.165, 1.54) is 18.3 Å². The van der Waals surface area contributed by atoms with Crippen LogP contribution in [0.3, 0.4) is 0 Å². The van der Waals surface area contributed by atoms with Crippen molar-refractivity contribution < 1.29 is 14.7 Å². The molecule has 1 amide bonds. The summed E-state index contributed by atoms with van der Waals surface area (Å²) < 4.78 is 0. The number of amides is 1. The van der Waals surface area contributed by atoms with Gasteiger partial charge in [-0.05, 0) is 37.4 Å². The van der Waals surface area contributed by atoms with Gasteiger partial charge in [-0.15, -0.1) is 0 Å². The summed E-state index contributed by atoms with van der Waals surface area (Å²) in [7, 11) is 0. The zero-order chi connectivity index (χ0) is 15.0. The highest BCUT2D eigenvalue weighted by Crippen LogP contribution is 2.09. The Balaban J connectivity index is 2.37. The van der Waals surface area contributed by atoms with Crippen molar-refractivity contribution in [1.29, 1.82) is 0 Å². The van der Waals surface area contributed by atoms with E-state index in [0.29, 0.717) is 24.6 Å². The Bertz CT molecular complexity index is 463. The number of nitrogens with one attached hydrogen (secondary N) is 1. The summed E-state index contributed by atoms with van der Waals surface area (Å²) in [5.41, 5.74) is 6.16. The molecule has 1 aromatic heterocycles. The van der Waals surface area contributed by atoms with Crippen LogP contribution in [0.15, 0.2) is 18.3 Å². The molecule has 0 spiro atoms. The van der Waals surface area contributed by atoms with Gasteiger partial charge < -0.3 is 16.2 Å². The van der Waals surface area contributed by atoms with Crippen LogP contribution in [0.5, 0.6) is 0 Å². The number of rotatable bonds is 8. The lowest BCUT2D eigenvalue weighted by molar-refractivity contribution is -0.121. The maximum atomic E-state index is 11.7. The van der Waals surface area contributed by atoms with Gasteiger partial charge in [0.05, 0.1) is 17.8 Å². The van der Waals surface area contributed by atoms with Crippen molar-refractivity contribution in [3.63, 3.8) is 0 Å². The van der Waals surface area contributed by atoms with Gasteiger partial charge in [-0.1, -0.05) is 6.92 Å². The molecule has 0 radical (unpaired) electrons. The number of carbonyl (C=O) groups excluding carboxylic acids is 1. The number of carboxylic acid groups (broad SMARTS) is 1. The summed E-state index contributed by atoms with van der Waals surface area (Å²) in [4.78, 5) is 26.5. The number of nitrogens with zero attached hydrogens (tertiary/aromatic N) is 1. The molecule has 1 aromatic rings. The molecule has 6 heteroatoms. The molecule has 1 rings (SSSR count). The van der Waals surface area contributed by atoms with E-state index >= 15 is 0 Å². The fourth-order valence-electron chi connectivity index (χ4n) is 1.79. The van der Waals surface area contributed by atoms with Crippen molar-refractivity contribution in [3.8, 4) is 0 Å². The number of hydrogen-bond acceptors (Lipinski definition) is 4. The Morgan fingerprint density at radius 3 is 2.85 bits per heavy atom. The molecule has 20 heavy (non-hydrogen) atoms. The van der Waals surface area contributed by atoms with Crippen LogP contribution in [0, 0.1) is 5.92 Å². The number of pyridine rings is 1. The van der Waals surface area contributed by atoms with E-state index in [9.17, 15) is 9.59 Å². The molecule has 0 aromatic carbocycles. The van der Waals surface area contributed by atoms with E-state index in [0.717, 1.165) is 12.8 Å². The van der Waals surface area contributed by atoms with Crippen molar-refractivity contribution in [3.05, 3.63) is 29.6 Å². The van der Waals surface area contributed by atoms with Gasteiger partial charge in [0, 0.05) is 12.6 Å². The van der Waals surface area contributed by atoms with Gasteiger partial charge in [0.15, 0.2) is 0 Å². The summed E-state index contributed by atoms with van der Waals surface area (Å²) in [6.07, 6.45) is 3.58. The summed E-state index contributed by atoms with van der Waals surface area (Å²) in [6.45, 7) is 2.94. The third kappa shape index (κ3) is 5.79. The minimum absolute atomic E-state index is 0.0589. The van der Waals surface area contributed by atoms with Crippen molar-refractivity contribution in [2.45, 2.75) is 32.7 Å². The molecule has 0 aliphatic heterocycles. The molecule has 0 fully saturated rings. The van der Waals surface area contributed by atoms with E-state index in [1.807, 2.05) is 0 Å². The van der Waals surface area contributed by atoms with Crippen LogP contribution >= 0.6 is 0 Å². The Kier molecular flexibility index (Phi) is 6.66. The molecule has 110 valence electrons. The lowest BCUT2D eigenvalue weighted by atomic mass is 10.0. The maximum Gasteiger partial charge on any atom is 0.335 e. The maximum absolute atomic E-state index is 11.7. The van der Waals surface area contributed by atoms with Gasteiger partial charge in [-0.2, -0.15) is 0 Å². The lowest BCUT2D eigenvalue weighted by Crippen LogP contribution is -2.24. The van der Waals surface area contributed by atoms with E-state index in [4.69, 9.17) is 10.8 Å². The monoisotopic (exact) mass is 279 g/mol. The van der Waals surface area contributed by atoms with Crippen molar-refractivity contribution in [2.24, 2.45) is 11.7 Å². The fourth-order valence-corrected chi connectivity index (χ4v) is 1.79. The third-order valence-corrected chi connectivity index (χ3v) is 3.05. The molecule has 0 saturated carbocycles. The molecule has 1 atom stereocenters. The SMILES string of the molecule is CC(CCN)CCC(=O)NCc1cc(C(=O)O)ccn1. The summed E-state index contributed by atoms with van der Waals surface area (Å²) in [5.74, 6) is -0.633. The van der Waals surface area contributed by atoms with E-state index < -0.39 is 5.97 Å². The highest BCUT2D eigenvalue weighted by Gasteiger charge is 2.08. The zero-order valence-electron chi connectivity index (χ0n) is 11.6. The molecule has 0 aliphatic carbocycles. The van der Waals surface area contributed by atoms with Gasteiger partial charge in [-0.3, -0.25) is 9.78 Å². The zero-order valence-corrected chi connectivity index (χ0v) is 11.6. The van der Waals surface area contributed by atoms with Crippen LogP contribution in [0.2, 0.25) is 0 Å². The number of carbonyl (C=O) groups is 2. The molecule has 6 nitrogen and oxygen atoms in total. The van der Waals surface area contributed by atoms with Crippen LogP contribution in [-0.2, 0) is 11.3 Å². The van der Waals surface area contributed by atoms with Gasteiger partial charge in [0.25, 0.3) is 0 Å². The number of aromatic carboxylic acids is 1. The number of aromatic nitrogens is 1. The quantitative estimate of drug-likeness (QED) is 0.662. The number of carboxylic acids is 1. The number of hydrogen-bond donors (Lipinski definition) is 3. The molecule has 0 bridgehead atoms. The van der Waals surface area contributed by atoms with E-state index in [2.05, 4.69) is 17.2 Å². The first-order valence-corrected chi connectivity index (χ1v) is 6.68. The summed E-state index contributed by atoms with van der Waals surface area (Å²) in [6, 6.07) is 2.88. The van der Waals surface area contributed by atoms with Gasteiger partial charge in [0.2, 0.25) is 5.91 Å². The average Bonchev–Trinajstić information content (AvgIpc) is 2.43. The molecule has 0 saturated heterocycles. The largest absolute Gasteiger partial charge is 0.478 e. The standard InChI is InChI=1S/C14H21N3O3/c1-10(4-6-15)2-3-13(18)17-9-12-8-11(14(19)20)5-7-16-12/h5,7-8,10H,2-4,6,9,15H2,1H3,(H,17,18)(H,19,20). The van der Waals surface area contributed by atoms with Crippen LogP contribution in [-0.4, -0.2) is 28.5 Å². The van der Waals surface area contributed by atoms with Crippen LogP contribution in [0.25, 0.3) is 0 Å². The fraction of sp³-hybridized carbons (Fsp3) is 0.500. The smallest absolute Gasteiger partial charge is 0.335 e. The van der Waals surface area contributed by atoms with Gasteiger partial charge >= 0.3 is 5.97 Å². The molecular formula is C14H21N3O3. The first-order valence-electron chi connectivity index (χ1n) is 6.68. The normalized spacial score (nSPS) is 11.9. The highest BCUT2D eigenvalue weighted by molar-refractivity contribution is 5.87. The Morgan fingerprint density at radius 2 is 2.20 bits per heavy atom. The number of nitrogens with two attached hydrogens (primary N) is 1. The molecule has 1 heterocycles. The Morgan fingerprint density at radius 1 is 1.45 bits per heavy atom. The lowest BCUT2D eigenvalue weighted by Gasteiger charge is -2.09. The van der Waals surface area contributed by atoms with Crippen LogP contribution < -0.4 is 11.1 Å². The van der Waals surface area contributed by atoms with E-state index in [-0.39, 0.29) is 18.0 Å². The van der Waals surface area contributed by atoms with E-state index in [1.54, 1.807) is 0 Å². The summed E-state index contributed by atoms with van der Waals surface area (Å²) >= 11 is 0. The van der Waals surface area contributed by atoms with Gasteiger partial charge in [0.1, 0.15) is 0 Å².